The molecule has 0 radical (unpaired) electrons. The number of hydrazone groups is 1. The van der Waals surface area contributed by atoms with Gasteiger partial charge in [0, 0.05) is 19.9 Å². The zero-order valence-electron chi connectivity index (χ0n) is 12.6. The number of esters is 1. The minimum atomic E-state index is -0.414. The highest BCUT2D eigenvalue weighted by Gasteiger charge is 2.22. The average molecular weight is 357 g/mol. The minimum absolute atomic E-state index is 0.130. The normalized spacial score (nSPS) is 14.4. The summed E-state index contributed by atoms with van der Waals surface area (Å²) in [6.07, 6.45) is 0.539. The monoisotopic (exact) mass is 357 g/mol. The molecule has 1 aromatic heterocycles. The first kappa shape index (κ1) is 17.3. The van der Waals surface area contributed by atoms with Crippen LogP contribution in [0.15, 0.2) is 9.44 Å². The van der Waals surface area contributed by atoms with Crippen LogP contribution in [0, 0.1) is 0 Å². The Bertz CT molecular complexity index is 645. The van der Waals surface area contributed by atoms with E-state index in [2.05, 4.69) is 20.6 Å². The number of hydrogen-bond acceptors (Lipinski definition) is 9. The van der Waals surface area contributed by atoms with Gasteiger partial charge < -0.3 is 4.74 Å². The molecule has 1 aliphatic rings. The third-order valence-corrected chi connectivity index (χ3v) is 4.66. The van der Waals surface area contributed by atoms with Crippen LogP contribution >= 0.6 is 23.1 Å². The molecule has 2 amide bonds. The van der Waals surface area contributed by atoms with Gasteiger partial charge in [0.1, 0.15) is 5.71 Å². The van der Waals surface area contributed by atoms with Gasteiger partial charge >= 0.3 is 5.97 Å². The quantitative estimate of drug-likeness (QED) is 0.454. The molecule has 0 atom stereocenters. The number of amides is 2. The van der Waals surface area contributed by atoms with Gasteiger partial charge in [-0.25, -0.2) is 5.01 Å². The van der Waals surface area contributed by atoms with Crippen LogP contribution in [0.1, 0.15) is 19.8 Å². The zero-order valence-corrected chi connectivity index (χ0v) is 14.2. The summed E-state index contributed by atoms with van der Waals surface area (Å²) in [6.45, 7) is 2.07. The number of nitrogens with zero attached hydrogens (tertiary/aromatic N) is 4. The molecule has 1 N–H and O–H groups in total. The van der Waals surface area contributed by atoms with Crippen LogP contribution in [0.25, 0.3) is 0 Å². The Morgan fingerprint density at radius 3 is 2.87 bits per heavy atom. The summed E-state index contributed by atoms with van der Waals surface area (Å²) in [4.78, 5) is 34.6. The van der Waals surface area contributed by atoms with Crippen molar-refractivity contribution in [1.82, 2.24) is 15.2 Å². The van der Waals surface area contributed by atoms with Crippen LogP contribution < -0.4 is 5.32 Å². The van der Waals surface area contributed by atoms with E-state index < -0.39 is 5.91 Å². The highest BCUT2D eigenvalue weighted by atomic mass is 32.2. The fraction of sp³-hybridized carbons (Fsp3) is 0.500. The number of hydrogen-bond donors (Lipinski definition) is 1. The lowest BCUT2D eigenvalue weighted by molar-refractivity contribution is -0.139. The Morgan fingerprint density at radius 1 is 1.39 bits per heavy atom. The summed E-state index contributed by atoms with van der Waals surface area (Å²) in [5, 5.41) is 15.7. The first-order valence-electron chi connectivity index (χ1n) is 6.77. The first-order chi connectivity index (χ1) is 11.0. The molecule has 0 aromatic carbocycles. The van der Waals surface area contributed by atoms with Gasteiger partial charge in [-0.2, -0.15) is 5.10 Å². The van der Waals surface area contributed by atoms with E-state index in [0.717, 1.165) is 16.3 Å². The Morgan fingerprint density at radius 2 is 2.17 bits per heavy atom. The number of anilines is 1. The van der Waals surface area contributed by atoms with E-state index in [0.29, 0.717) is 16.1 Å². The van der Waals surface area contributed by atoms with Crippen molar-refractivity contribution in [2.45, 2.75) is 24.1 Å². The number of ether oxygens (including phenoxy) is 1. The van der Waals surface area contributed by atoms with Crippen LogP contribution in [0.3, 0.4) is 0 Å². The van der Waals surface area contributed by atoms with Gasteiger partial charge in [-0.05, 0) is 6.92 Å². The summed E-state index contributed by atoms with van der Waals surface area (Å²) in [6, 6.07) is 0. The van der Waals surface area contributed by atoms with Gasteiger partial charge in [0.2, 0.25) is 11.0 Å². The van der Waals surface area contributed by atoms with E-state index >= 15 is 0 Å². The SMILES string of the molecule is CCOC(=O)CSc1nnc(NC(=O)C2=NN(C)C(=O)CC2)s1. The molecule has 1 aliphatic heterocycles. The summed E-state index contributed by atoms with van der Waals surface area (Å²) < 4.78 is 5.36. The molecule has 23 heavy (non-hydrogen) atoms. The van der Waals surface area contributed by atoms with Crippen LogP contribution in [0.4, 0.5) is 5.13 Å². The molecule has 0 spiro atoms. The maximum atomic E-state index is 12.1. The van der Waals surface area contributed by atoms with Crippen molar-refractivity contribution < 1.29 is 19.1 Å². The zero-order chi connectivity index (χ0) is 16.8. The van der Waals surface area contributed by atoms with Crippen molar-refractivity contribution in [3.63, 3.8) is 0 Å². The van der Waals surface area contributed by atoms with E-state index in [1.165, 1.54) is 18.8 Å². The molecular weight excluding hydrogens is 342 g/mol. The minimum Gasteiger partial charge on any atom is -0.465 e. The highest BCUT2D eigenvalue weighted by molar-refractivity contribution is 8.01. The van der Waals surface area contributed by atoms with Gasteiger partial charge in [-0.15, -0.1) is 10.2 Å². The first-order valence-corrected chi connectivity index (χ1v) is 8.57. The molecule has 0 saturated carbocycles. The number of carbonyl (C=O) groups is 3. The van der Waals surface area contributed by atoms with Crippen LogP contribution in [-0.4, -0.2) is 58.1 Å². The standard InChI is InChI=1S/C12H15N5O4S2/c1-3-21-9(19)6-22-12-15-14-11(23-12)13-10(20)7-4-5-8(18)17(2)16-7/h3-6H2,1-2H3,(H,13,14,20). The topological polar surface area (TPSA) is 114 Å². The number of thioether (sulfide) groups is 1. The lowest BCUT2D eigenvalue weighted by atomic mass is 10.1. The van der Waals surface area contributed by atoms with Crippen molar-refractivity contribution in [1.29, 1.82) is 0 Å². The Labute approximate surface area is 140 Å². The molecule has 11 heteroatoms. The van der Waals surface area contributed by atoms with Gasteiger partial charge in [0.15, 0.2) is 4.34 Å². The van der Waals surface area contributed by atoms with E-state index in [1.54, 1.807) is 6.92 Å². The van der Waals surface area contributed by atoms with Crippen molar-refractivity contribution in [3.8, 4) is 0 Å². The maximum absolute atomic E-state index is 12.1. The van der Waals surface area contributed by atoms with Gasteiger partial charge in [0.25, 0.3) is 5.91 Å². The Hall–Kier alpha value is -2.01. The number of rotatable bonds is 6. The smallest absolute Gasteiger partial charge is 0.316 e. The van der Waals surface area contributed by atoms with Crippen LogP contribution in [-0.2, 0) is 19.1 Å². The van der Waals surface area contributed by atoms with Crippen LogP contribution in [0.2, 0.25) is 0 Å². The maximum Gasteiger partial charge on any atom is 0.316 e. The van der Waals surface area contributed by atoms with Gasteiger partial charge in [-0.3, -0.25) is 19.7 Å². The molecule has 0 saturated heterocycles. The molecule has 1 aromatic rings. The van der Waals surface area contributed by atoms with E-state index in [1.807, 2.05) is 0 Å². The molecule has 0 aliphatic carbocycles. The van der Waals surface area contributed by atoms with E-state index in [9.17, 15) is 14.4 Å². The largest absolute Gasteiger partial charge is 0.465 e. The predicted molar refractivity (Wildman–Crippen MR) is 85.3 cm³/mol. The second-order valence-electron chi connectivity index (χ2n) is 4.38. The molecule has 124 valence electrons. The van der Waals surface area contributed by atoms with Gasteiger partial charge in [-0.1, -0.05) is 23.1 Å². The number of carbonyl (C=O) groups excluding carboxylic acids is 3. The molecule has 2 heterocycles. The molecule has 9 nitrogen and oxygen atoms in total. The lowest BCUT2D eigenvalue weighted by Crippen LogP contribution is -2.34. The van der Waals surface area contributed by atoms with Crippen molar-refractivity contribution >= 4 is 51.7 Å². The highest BCUT2D eigenvalue weighted by Crippen LogP contribution is 2.25. The molecule has 0 bridgehead atoms. The molecular formula is C12H15N5O4S2. The van der Waals surface area contributed by atoms with Crippen molar-refractivity contribution in [2.24, 2.45) is 5.10 Å². The van der Waals surface area contributed by atoms with Crippen molar-refractivity contribution in [2.75, 3.05) is 24.7 Å². The second kappa shape index (κ2) is 8.02. The summed E-state index contributed by atoms with van der Waals surface area (Å²) in [5.74, 6) is -0.740. The second-order valence-corrected chi connectivity index (χ2v) is 6.58. The Balaban J connectivity index is 1.89. The fourth-order valence-electron chi connectivity index (χ4n) is 1.64. The Kier molecular flexibility index (Phi) is 6.04. The fourth-order valence-corrected chi connectivity index (χ4v) is 3.19. The molecule has 2 rings (SSSR count). The molecule has 0 fully saturated rings. The van der Waals surface area contributed by atoms with Gasteiger partial charge in [0.05, 0.1) is 12.4 Å². The lowest BCUT2D eigenvalue weighted by Gasteiger charge is -2.18. The predicted octanol–water partition coefficient (Wildman–Crippen LogP) is 0.740. The van der Waals surface area contributed by atoms with Crippen molar-refractivity contribution in [3.05, 3.63) is 0 Å². The van der Waals surface area contributed by atoms with E-state index in [-0.39, 0.29) is 36.2 Å². The third kappa shape index (κ3) is 4.99. The number of aromatic nitrogens is 2. The number of nitrogens with one attached hydrogen (secondary N) is 1. The van der Waals surface area contributed by atoms with E-state index in [4.69, 9.17) is 4.74 Å². The van der Waals surface area contributed by atoms with Crippen LogP contribution in [0.5, 0.6) is 0 Å². The summed E-state index contributed by atoms with van der Waals surface area (Å²) in [7, 11) is 1.50. The summed E-state index contributed by atoms with van der Waals surface area (Å²) in [5.41, 5.74) is 0.267. The third-order valence-electron chi connectivity index (χ3n) is 2.72. The summed E-state index contributed by atoms with van der Waals surface area (Å²) >= 11 is 2.34. The molecule has 0 unspecified atom stereocenters. The average Bonchev–Trinajstić information content (AvgIpc) is 2.95.